The molecule has 0 fully saturated rings. The Balaban J connectivity index is 2.01. The molecular weight excluding hydrogens is 334 g/mol. The Morgan fingerprint density at radius 1 is 1.24 bits per heavy atom. The van der Waals surface area contributed by atoms with Crippen molar-refractivity contribution in [2.75, 3.05) is 13.7 Å². The molecule has 1 atom stereocenters. The van der Waals surface area contributed by atoms with Gasteiger partial charge in [-0.3, -0.25) is 0 Å². The number of rotatable bonds is 6. The van der Waals surface area contributed by atoms with Crippen LogP contribution in [0.15, 0.2) is 46.9 Å². The summed E-state index contributed by atoms with van der Waals surface area (Å²) in [7, 11) is 1.60. The second kappa shape index (κ2) is 7.45. The van der Waals surface area contributed by atoms with Crippen LogP contribution in [-0.2, 0) is 6.54 Å². The first-order valence-electron chi connectivity index (χ1n) is 6.57. The molecule has 2 rings (SSSR count). The van der Waals surface area contributed by atoms with Crippen molar-refractivity contribution in [3.8, 4) is 11.5 Å². The Labute approximate surface area is 132 Å². The van der Waals surface area contributed by atoms with E-state index >= 15 is 0 Å². The standard InChI is InChI=1S/C16H18BrNO3/c1-20-13-4-2-3-12(8-13)15(19)10-21-16-6-5-11(9-18)7-14(16)17/h2-8,15,19H,9-10,18H2,1H3. The van der Waals surface area contributed by atoms with E-state index in [4.69, 9.17) is 15.2 Å². The first kappa shape index (κ1) is 15.8. The lowest BCUT2D eigenvalue weighted by Crippen LogP contribution is -2.10. The lowest BCUT2D eigenvalue weighted by molar-refractivity contribution is 0.107. The maximum atomic E-state index is 10.2. The van der Waals surface area contributed by atoms with Crippen LogP contribution in [0.4, 0.5) is 0 Å². The number of aliphatic hydroxyl groups is 1. The fourth-order valence-electron chi connectivity index (χ4n) is 1.90. The molecule has 2 aromatic rings. The first-order valence-corrected chi connectivity index (χ1v) is 7.36. The summed E-state index contributed by atoms with van der Waals surface area (Å²) in [6.45, 7) is 0.638. The Bertz CT molecular complexity index is 604. The van der Waals surface area contributed by atoms with Crippen LogP contribution in [0.2, 0.25) is 0 Å². The van der Waals surface area contributed by atoms with Crippen molar-refractivity contribution in [1.82, 2.24) is 0 Å². The summed E-state index contributed by atoms with van der Waals surface area (Å²) in [6, 6.07) is 12.9. The van der Waals surface area contributed by atoms with Gasteiger partial charge in [-0.25, -0.2) is 0 Å². The summed E-state index contributed by atoms with van der Waals surface area (Å²) >= 11 is 3.43. The van der Waals surface area contributed by atoms with E-state index in [-0.39, 0.29) is 6.61 Å². The van der Waals surface area contributed by atoms with Crippen LogP contribution in [-0.4, -0.2) is 18.8 Å². The predicted molar refractivity (Wildman–Crippen MR) is 85.5 cm³/mol. The van der Waals surface area contributed by atoms with Gasteiger partial charge in [0.2, 0.25) is 0 Å². The maximum Gasteiger partial charge on any atom is 0.133 e. The van der Waals surface area contributed by atoms with Crippen molar-refractivity contribution >= 4 is 15.9 Å². The molecule has 1 unspecified atom stereocenters. The van der Waals surface area contributed by atoms with Gasteiger partial charge in [-0.05, 0) is 51.3 Å². The number of ether oxygens (including phenoxy) is 2. The van der Waals surface area contributed by atoms with Gasteiger partial charge in [0.05, 0.1) is 11.6 Å². The Hall–Kier alpha value is -1.56. The van der Waals surface area contributed by atoms with E-state index in [0.717, 1.165) is 15.6 Å². The van der Waals surface area contributed by atoms with Crippen molar-refractivity contribution < 1.29 is 14.6 Å². The van der Waals surface area contributed by atoms with E-state index in [1.54, 1.807) is 13.2 Å². The molecule has 0 saturated heterocycles. The molecule has 5 heteroatoms. The lowest BCUT2D eigenvalue weighted by atomic mass is 10.1. The monoisotopic (exact) mass is 351 g/mol. The fourth-order valence-corrected chi connectivity index (χ4v) is 2.44. The highest BCUT2D eigenvalue weighted by molar-refractivity contribution is 9.10. The molecule has 0 radical (unpaired) electrons. The van der Waals surface area contributed by atoms with E-state index in [0.29, 0.717) is 18.0 Å². The van der Waals surface area contributed by atoms with Crippen molar-refractivity contribution in [3.05, 3.63) is 58.1 Å². The van der Waals surface area contributed by atoms with E-state index in [1.807, 2.05) is 36.4 Å². The average Bonchev–Trinajstić information content (AvgIpc) is 2.53. The van der Waals surface area contributed by atoms with Gasteiger partial charge in [0.15, 0.2) is 0 Å². The summed E-state index contributed by atoms with van der Waals surface area (Å²) < 4.78 is 11.6. The van der Waals surface area contributed by atoms with Gasteiger partial charge in [0, 0.05) is 6.54 Å². The van der Waals surface area contributed by atoms with Crippen LogP contribution >= 0.6 is 15.9 Å². The minimum atomic E-state index is -0.721. The Kier molecular flexibility index (Phi) is 5.61. The van der Waals surface area contributed by atoms with Crippen molar-refractivity contribution in [2.24, 2.45) is 5.73 Å². The molecule has 3 N–H and O–H groups in total. The first-order chi connectivity index (χ1) is 10.1. The van der Waals surface area contributed by atoms with E-state index in [1.165, 1.54) is 0 Å². The second-order valence-electron chi connectivity index (χ2n) is 4.57. The summed E-state index contributed by atoms with van der Waals surface area (Å²) in [5.41, 5.74) is 7.35. The molecule has 21 heavy (non-hydrogen) atoms. The van der Waals surface area contributed by atoms with Crippen molar-refractivity contribution in [2.45, 2.75) is 12.6 Å². The molecular formula is C16H18BrNO3. The summed E-state index contributed by atoms with van der Waals surface area (Å²) in [5, 5.41) is 10.2. The van der Waals surface area contributed by atoms with Gasteiger partial charge < -0.3 is 20.3 Å². The number of nitrogens with two attached hydrogens (primary N) is 1. The number of aliphatic hydroxyl groups excluding tert-OH is 1. The fraction of sp³-hybridized carbons (Fsp3) is 0.250. The number of methoxy groups -OCH3 is 1. The summed E-state index contributed by atoms with van der Waals surface area (Å²) in [4.78, 5) is 0. The quantitative estimate of drug-likeness (QED) is 0.839. The Morgan fingerprint density at radius 3 is 2.71 bits per heavy atom. The van der Waals surface area contributed by atoms with Crippen molar-refractivity contribution in [3.63, 3.8) is 0 Å². The van der Waals surface area contributed by atoms with Crippen LogP contribution < -0.4 is 15.2 Å². The zero-order valence-corrected chi connectivity index (χ0v) is 13.3. The van der Waals surface area contributed by atoms with Crippen LogP contribution in [0.1, 0.15) is 17.2 Å². The van der Waals surface area contributed by atoms with Gasteiger partial charge in [0.1, 0.15) is 24.2 Å². The van der Waals surface area contributed by atoms with Crippen LogP contribution in [0.5, 0.6) is 11.5 Å². The largest absolute Gasteiger partial charge is 0.497 e. The van der Waals surface area contributed by atoms with E-state index in [9.17, 15) is 5.11 Å². The molecule has 0 bridgehead atoms. The van der Waals surface area contributed by atoms with Crippen molar-refractivity contribution in [1.29, 1.82) is 0 Å². The summed E-state index contributed by atoms with van der Waals surface area (Å²) in [6.07, 6.45) is -0.721. The minimum Gasteiger partial charge on any atom is -0.497 e. The minimum absolute atomic E-state index is 0.160. The molecule has 4 nitrogen and oxygen atoms in total. The zero-order chi connectivity index (χ0) is 15.2. The highest BCUT2D eigenvalue weighted by atomic mass is 79.9. The topological polar surface area (TPSA) is 64.7 Å². The lowest BCUT2D eigenvalue weighted by Gasteiger charge is -2.15. The third kappa shape index (κ3) is 4.20. The number of hydrogen-bond acceptors (Lipinski definition) is 4. The number of halogens is 1. The molecule has 0 aliphatic rings. The molecule has 0 saturated carbocycles. The zero-order valence-electron chi connectivity index (χ0n) is 11.8. The highest BCUT2D eigenvalue weighted by Crippen LogP contribution is 2.27. The molecule has 0 amide bonds. The van der Waals surface area contributed by atoms with Crippen LogP contribution in [0.3, 0.4) is 0 Å². The molecule has 0 spiro atoms. The third-order valence-corrected chi connectivity index (χ3v) is 3.73. The van der Waals surface area contributed by atoms with Gasteiger partial charge in [-0.2, -0.15) is 0 Å². The maximum absolute atomic E-state index is 10.2. The predicted octanol–water partition coefficient (Wildman–Crippen LogP) is 3.03. The normalized spacial score (nSPS) is 12.0. The SMILES string of the molecule is COc1cccc(C(O)COc2ccc(CN)cc2Br)c1. The average molecular weight is 352 g/mol. The van der Waals surface area contributed by atoms with E-state index < -0.39 is 6.10 Å². The molecule has 0 aliphatic carbocycles. The van der Waals surface area contributed by atoms with Gasteiger partial charge in [0.25, 0.3) is 0 Å². The van der Waals surface area contributed by atoms with Crippen LogP contribution in [0.25, 0.3) is 0 Å². The smallest absolute Gasteiger partial charge is 0.133 e. The van der Waals surface area contributed by atoms with Gasteiger partial charge in [-0.1, -0.05) is 18.2 Å². The highest BCUT2D eigenvalue weighted by Gasteiger charge is 2.11. The molecule has 0 aromatic heterocycles. The number of benzene rings is 2. The molecule has 0 aliphatic heterocycles. The molecule has 2 aromatic carbocycles. The van der Waals surface area contributed by atoms with Gasteiger partial charge >= 0.3 is 0 Å². The Morgan fingerprint density at radius 2 is 2.05 bits per heavy atom. The second-order valence-corrected chi connectivity index (χ2v) is 5.43. The molecule has 0 heterocycles. The number of hydrogen-bond donors (Lipinski definition) is 2. The van der Waals surface area contributed by atoms with Gasteiger partial charge in [-0.15, -0.1) is 0 Å². The third-order valence-electron chi connectivity index (χ3n) is 3.11. The summed E-state index contributed by atoms with van der Waals surface area (Å²) in [5.74, 6) is 1.38. The molecule has 112 valence electrons. The van der Waals surface area contributed by atoms with Crippen LogP contribution in [0, 0.1) is 0 Å². The van der Waals surface area contributed by atoms with E-state index in [2.05, 4.69) is 15.9 Å².